The number of nitrogens with two attached hydrogens (primary N) is 2. The number of nitrogens with one attached hydrogen (secondary N) is 2. The van der Waals surface area contributed by atoms with Gasteiger partial charge in [0.05, 0.1) is 12.1 Å². The second kappa shape index (κ2) is 17.4. The summed E-state index contributed by atoms with van der Waals surface area (Å²) in [6.07, 6.45) is 20.2. The molecule has 216 valence electrons. The fourth-order valence-electron chi connectivity index (χ4n) is 4.48. The lowest BCUT2D eigenvalue weighted by atomic mass is 10.1. The van der Waals surface area contributed by atoms with Crippen LogP contribution in [0.25, 0.3) is 0 Å². The van der Waals surface area contributed by atoms with Gasteiger partial charge in [-0.25, -0.2) is 0 Å². The predicted octanol–water partition coefficient (Wildman–Crippen LogP) is 1.99. The Hall–Kier alpha value is -3.24. The van der Waals surface area contributed by atoms with Gasteiger partial charge >= 0.3 is 0 Å². The summed E-state index contributed by atoms with van der Waals surface area (Å²) >= 11 is 0. The van der Waals surface area contributed by atoms with Crippen molar-refractivity contribution < 1.29 is 19.2 Å². The van der Waals surface area contributed by atoms with Crippen molar-refractivity contribution in [1.29, 1.82) is 0 Å². The van der Waals surface area contributed by atoms with Gasteiger partial charge in [-0.15, -0.1) is 0 Å². The molecule has 39 heavy (non-hydrogen) atoms. The minimum Gasteiger partial charge on any atom is -0.366 e. The van der Waals surface area contributed by atoms with Crippen LogP contribution in [0.1, 0.15) is 71.6 Å². The van der Waals surface area contributed by atoms with Crippen molar-refractivity contribution in [3.63, 3.8) is 0 Å². The molecule has 2 aliphatic rings. The van der Waals surface area contributed by atoms with Gasteiger partial charge in [0.2, 0.25) is 23.6 Å². The average Bonchev–Trinajstić information content (AvgIpc) is 2.94. The molecule has 10 heteroatoms. The number of rotatable bonds is 18. The van der Waals surface area contributed by atoms with E-state index >= 15 is 0 Å². The van der Waals surface area contributed by atoms with Crippen molar-refractivity contribution in [2.45, 2.75) is 83.7 Å². The van der Waals surface area contributed by atoms with Gasteiger partial charge in [-0.3, -0.25) is 19.2 Å². The fourth-order valence-corrected chi connectivity index (χ4v) is 4.48. The van der Waals surface area contributed by atoms with Gasteiger partial charge < -0.3 is 31.9 Å². The van der Waals surface area contributed by atoms with Crippen LogP contribution in [0.5, 0.6) is 0 Å². The van der Waals surface area contributed by atoms with Gasteiger partial charge in [-0.2, -0.15) is 0 Å². The standard InChI is InChI=1S/C29H46N6O4/c1-22(28(38)34-18-12-24(13-19-34)26(30)36)32-16-10-8-6-4-3-5-7-9-11-17-33-23(2)29(39)35-20-14-25(15-21-35)27(31)37/h12-15,18,20,22-23,32-33H,3-11,16-17,19,21H2,1-2H3,(H2,30,36)(H2,31,37). The van der Waals surface area contributed by atoms with Crippen molar-refractivity contribution in [2.75, 3.05) is 26.2 Å². The Morgan fingerprint density at radius 2 is 1.00 bits per heavy atom. The largest absolute Gasteiger partial charge is 0.366 e. The Kier molecular flexibility index (Phi) is 14.2. The summed E-state index contributed by atoms with van der Waals surface area (Å²) in [7, 11) is 0. The topological polar surface area (TPSA) is 151 Å². The van der Waals surface area contributed by atoms with Gasteiger partial charge in [0.25, 0.3) is 0 Å². The molecule has 6 N–H and O–H groups in total. The molecule has 0 radical (unpaired) electrons. The summed E-state index contributed by atoms with van der Waals surface area (Å²) < 4.78 is 0. The molecule has 0 aromatic heterocycles. The van der Waals surface area contributed by atoms with Crippen LogP contribution in [0.2, 0.25) is 0 Å². The second-order valence-electron chi connectivity index (χ2n) is 10.2. The lowest BCUT2D eigenvalue weighted by molar-refractivity contribution is -0.130. The summed E-state index contributed by atoms with van der Waals surface area (Å²) in [6, 6.07) is -0.548. The zero-order valence-electron chi connectivity index (χ0n) is 23.5. The third-order valence-electron chi connectivity index (χ3n) is 7.01. The number of nitrogens with zero attached hydrogens (tertiary/aromatic N) is 2. The van der Waals surface area contributed by atoms with E-state index in [1.54, 1.807) is 46.5 Å². The molecule has 0 saturated carbocycles. The van der Waals surface area contributed by atoms with E-state index in [-0.39, 0.29) is 23.9 Å². The smallest absolute Gasteiger partial charge is 0.248 e. The Morgan fingerprint density at radius 3 is 1.28 bits per heavy atom. The van der Waals surface area contributed by atoms with Crippen LogP contribution in [0.15, 0.2) is 47.9 Å². The normalized spacial score (nSPS) is 16.5. The van der Waals surface area contributed by atoms with Crippen LogP contribution >= 0.6 is 0 Å². The monoisotopic (exact) mass is 542 g/mol. The maximum atomic E-state index is 12.5. The zero-order valence-corrected chi connectivity index (χ0v) is 23.5. The fraction of sp³-hybridized carbons (Fsp3) is 0.586. The molecule has 0 aromatic rings. The molecular formula is C29H46N6O4. The first kappa shape index (κ1) is 32.0. The summed E-state index contributed by atoms with van der Waals surface area (Å²) in [5, 5.41) is 6.59. The van der Waals surface area contributed by atoms with Crippen molar-refractivity contribution in [3.05, 3.63) is 47.9 Å². The van der Waals surface area contributed by atoms with Crippen molar-refractivity contribution in [3.8, 4) is 0 Å². The number of hydrogen-bond donors (Lipinski definition) is 4. The highest BCUT2D eigenvalue weighted by atomic mass is 16.2. The molecule has 0 bridgehead atoms. The second-order valence-corrected chi connectivity index (χ2v) is 10.2. The third-order valence-corrected chi connectivity index (χ3v) is 7.01. The molecule has 2 atom stereocenters. The molecule has 2 rings (SSSR count). The van der Waals surface area contributed by atoms with Gasteiger partial charge in [0.1, 0.15) is 0 Å². The maximum Gasteiger partial charge on any atom is 0.248 e. The number of carbonyl (C=O) groups is 4. The minimum atomic E-state index is -0.481. The Morgan fingerprint density at radius 1 is 0.667 bits per heavy atom. The number of hydrogen-bond acceptors (Lipinski definition) is 6. The lowest BCUT2D eigenvalue weighted by Gasteiger charge is -2.24. The van der Waals surface area contributed by atoms with Crippen LogP contribution in [-0.4, -0.2) is 71.7 Å². The molecule has 10 nitrogen and oxygen atoms in total. The molecule has 0 fully saturated rings. The SMILES string of the molecule is CC(NCCCCCCCCCCCNC(C)C(=O)N1C=CC(C(N)=O)=CC1)C(=O)N1C=CC(C(N)=O)=CC1. The van der Waals surface area contributed by atoms with E-state index in [0.717, 1.165) is 38.8 Å². The highest BCUT2D eigenvalue weighted by Gasteiger charge is 2.21. The quantitative estimate of drug-likeness (QED) is 0.195. The van der Waals surface area contributed by atoms with Crippen LogP contribution in [0, 0.1) is 0 Å². The van der Waals surface area contributed by atoms with E-state index < -0.39 is 11.8 Å². The molecule has 2 aliphatic heterocycles. The molecule has 4 amide bonds. The summed E-state index contributed by atoms with van der Waals surface area (Å²) in [5.74, 6) is -0.991. The van der Waals surface area contributed by atoms with Gasteiger partial charge in [0.15, 0.2) is 0 Å². The highest BCUT2D eigenvalue weighted by molar-refractivity contribution is 5.96. The maximum absolute atomic E-state index is 12.5. The summed E-state index contributed by atoms with van der Waals surface area (Å²) in [4.78, 5) is 50.5. The predicted molar refractivity (Wildman–Crippen MR) is 153 cm³/mol. The molecular weight excluding hydrogens is 496 g/mol. The highest BCUT2D eigenvalue weighted by Crippen LogP contribution is 2.11. The summed E-state index contributed by atoms with van der Waals surface area (Å²) in [5.41, 5.74) is 11.4. The molecule has 2 unspecified atom stereocenters. The molecule has 0 spiro atoms. The van der Waals surface area contributed by atoms with Crippen LogP contribution in [0.4, 0.5) is 0 Å². The lowest BCUT2D eigenvalue weighted by Crippen LogP contribution is -2.43. The van der Waals surface area contributed by atoms with E-state index in [4.69, 9.17) is 11.5 Å². The Labute approximate surface area is 232 Å². The Balaban J connectivity index is 1.40. The molecule has 0 aliphatic carbocycles. The number of primary amides is 2. The minimum absolute atomic E-state index is 0.0148. The van der Waals surface area contributed by atoms with E-state index in [9.17, 15) is 19.2 Å². The van der Waals surface area contributed by atoms with Crippen molar-refractivity contribution in [2.24, 2.45) is 11.5 Å². The van der Waals surface area contributed by atoms with E-state index in [1.807, 2.05) is 13.8 Å². The van der Waals surface area contributed by atoms with Crippen LogP contribution in [0.3, 0.4) is 0 Å². The van der Waals surface area contributed by atoms with E-state index in [2.05, 4.69) is 10.6 Å². The molecule has 0 saturated heterocycles. The van der Waals surface area contributed by atoms with E-state index in [1.165, 1.54) is 32.1 Å². The van der Waals surface area contributed by atoms with Crippen molar-refractivity contribution >= 4 is 23.6 Å². The number of amides is 4. The first-order chi connectivity index (χ1) is 18.7. The van der Waals surface area contributed by atoms with E-state index in [0.29, 0.717) is 24.2 Å². The summed E-state index contributed by atoms with van der Waals surface area (Å²) in [6.45, 7) is 6.07. The first-order valence-corrected chi connectivity index (χ1v) is 14.1. The number of unbranched alkanes of at least 4 members (excludes halogenated alkanes) is 8. The Bertz CT molecular complexity index is 895. The average molecular weight is 543 g/mol. The number of carbonyl (C=O) groups excluding carboxylic acids is 4. The third kappa shape index (κ3) is 11.6. The zero-order chi connectivity index (χ0) is 28.6. The van der Waals surface area contributed by atoms with Gasteiger partial charge in [0, 0.05) is 36.6 Å². The molecule has 0 aromatic carbocycles. The van der Waals surface area contributed by atoms with Crippen LogP contribution in [-0.2, 0) is 19.2 Å². The van der Waals surface area contributed by atoms with Gasteiger partial charge in [-0.05, 0) is 51.9 Å². The molecule has 2 heterocycles. The van der Waals surface area contributed by atoms with Crippen molar-refractivity contribution in [1.82, 2.24) is 20.4 Å². The van der Waals surface area contributed by atoms with Crippen LogP contribution < -0.4 is 22.1 Å². The van der Waals surface area contributed by atoms with Gasteiger partial charge in [-0.1, -0.05) is 57.1 Å². The first-order valence-electron chi connectivity index (χ1n) is 14.1.